The monoisotopic (exact) mass is 753 g/mol. The standard InChI is InChI=1S/C34H42F3N5O9S/c35-34(36,37)20-50-31(46)38-26-11-5-3-1-2-4-10-23-17-33(23,30(45)40-52(48,49)25-12-13-25)39-28(43)27-16-24(19-42(27)29(26)44)51-32(47)41-15-14-21-8-6-7-9-22(21)18-41/h4,6-10,23-27H,1-3,5,11-20H2,(H,38,46)(H,39,43)(H,40,45)/t23-,24+,26-,27-,33+/m0/s1. The molecular weight excluding hydrogens is 711 g/mol. The highest BCUT2D eigenvalue weighted by Gasteiger charge is 2.62. The van der Waals surface area contributed by atoms with Crippen LogP contribution in [-0.4, -0.2) is 103 Å². The third kappa shape index (κ3) is 8.81. The molecule has 2 saturated carbocycles. The van der Waals surface area contributed by atoms with Crippen molar-refractivity contribution in [1.82, 2.24) is 25.2 Å². The Labute approximate surface area is 298 Å². The van der Waals surface area contributed by atoms with Crippen LogP contribution in [0.15, 0.2) is 36.4 Å². The Morgan fingerprint density at radius 1 is 1.04 bits per heavy atom. The molecule has 0 bridgehead atoms. The number of hydrogen-bond donors (Lipinski definition) is 3. The maximum Gasteiger partial charge on any atom is 0.422 e. The topological polar surface area (TPSA) is 181 Å². The Morgan fingerprint density at radius 3 is 2.52 bits per heavy atom. The first-order chi connectivity index (χ1) is 24.6. The molecule has 0 unspecified atom stereocenters. The molecule has 0 spiro atoms. The summed E-state index contributed by atoms with van der Waals surface area (Å²) in [5.41, 5.74) is 0.425. The van der Waals surface area contributed by atoms with E-state index in [0.717, 1.165) is 16.0 Å². The number of hydrogen-bond acceptors (Lipinski definition) is 9. The second-order valence-corrected chi connectivity index (χ2v) is 16.1. The molecule has 0 aromatic heterocycles. The molecule has 52 heavy (non-hydrogen) atoms. The molecule has 18 heteroatoms. The maximum atomic E-state index is 14.1. The van der Waals surface area contributed by atoms with Gasteiger partial charge in [0.15, 0.2) is 6.61 Å². The van der Waals surface area contributed by atoms with Crippen LogP contribution in [-0.2, 0) is 46.8 Å². The molecule has 2 aliphatic carbocycles. The normalized spacial score (nSPS) is 28.2. The van der Waals surface area contributed by atoms with Crippen LogP contribution in [0.25, 0.3) is 0 Å². The quantitative estimate of drug-likeness (QED) is 0.369. The number of allylic oxidation sites excluding steroid dienone is 1. The molecule has 14 nitrogen and oxygen atoms in total. The minimum atomic E-state index is -4.80. The third-order valence-corrected chi connectivity index (χ3v) is 12.0. The number of fused-ring (bicyclic) bond motifs is 3. The van der Waals surface area contributed by atoms with Crippen LogP contribution in [0.5, 0.6) is 0 Å². The minimum absolute atomic E-state index is 0.0140. The first-order valence-corrected chi connectivity index (χ1v) is 19.1. The average Bonchev–Trinajstić information content (AvgIpc) is 4.02. The summed E-state index contributed by atoms with van der Waals surface area (Å²) < 4.78 is 76.0. The highest BCUT2D eigenvalue weighted by molar-refractivity contribution is 7.91. The Kier molecular flexibility index (Phi) is 10.8. The van der Waals surface area contributed by atoms with Gasteiger partial charge >= 0.3 is 18.4 Å². The van der Waals surface area contributed by atoms with Gasteiger partial charge in [0.05, 0.1) is 11.8 Å². The van der Waals surface area contributed by atoms with Gasteiger partial charge in [-0.25, -0.2) is 18.0 Å². The fraction of sp³-hybridized carbons (Fsp3) is 0.618. The van der Waals surface area contributed by atoms with Crippen LogP contribution in [0.2, 0.25) is 0 Å². The van der Waals surface area contributed by atoms with Gasteiger partial charge in [0, 0.05) is 25.4 Å². The summed E-state index contributed by atoms with van der Waals surface area (Å²) in [6, 6.07) is 4.91. The lowest BCUT2D eigenvalue weighted by Gasteiger charge is -2.30. The predicted molar refractivity (Wildman–Crippen MR) is 177 cm³/mol. The van der Waals surface area contributed by atoms with Crippen molar-refractivity contribution >= 4 is 39.9 Å². The van der Waals surface area contributed by atoms with Gasteiger partial charge in [-0.1, -0.05) is 49.3 Å². The molecule has 284 valence electrons. The Hall–Kier alpha value is -4.35. The number of nitrogens with one attached hydrogen (secondary N) is 3. The lowest BCUT2D eigenvalue weighted by atomic mass is 10.0. The molecule has 3 aliphatic heterocycles. The van der Waals surface area contributed by atoms with Gasteiger partial charge in [-0.15, -0.1) is 0 Å². The first kappa shape index (κ1) is 37.4. The molecule has 3 heterocycles. The van der Waals surface area contributed by atoms with Crippen LogP contribution >= 0.6 is 0 Å². The van der Waals surface area contributed by atoms with Crippen molar-refractivity contribution in [3.8, 4) is 0 Å². The predicted octanol–water partition coefficient (Wildman–Crippen LogP) is 2.81. The van der Waals surface area contributed by atoms with Crippen molar-refractivity contribution in [2.24, 2.45) is 5.92 Å². The zero-order chi connectivity index (χ0) is 37.3. The first-order valence-electron chi connectivity index (χ1n) is 17.5. The molecule has 6 rings (SSSR count). The number of amides is 5. The summed E-state index contributed by atoms with van der Waals surface area (Å²) in [7, 11) is -3.97. The molecule has 1 aromatic carbocycles. The van der Waals surface area contributed by atoms with E-state index in [-0.39, 0.29) is 32.4 Å². The van der Waals surface area contributed by atoms with E-state index in [1.807, 2.05) is 30.3 Å². The molecule has 5 amide bonds. The van der Waals surface area contributed by atoms with E-state index in [9.17, 15) is 45.6 Å². The summed E-state index contributed by atoms with van der Waals surface area (Å²) in [6.07, 6.45) is -0.879. The number of ether oxygens (including phenoxy) is 2. The summed E-state index contributed by atoms with van der Waals surface area (Å²) in [5, 5.41) is 4.22. The fourth-order valence-electron chi connectivity index (χ4n) is 7.05. The van der Waals surface area contributed by atoms with E-state index in [4.69, 9.17) is 4.74 Å². The van der Waals surface area contributed by atoms with Crippen LogP contribution in [0.4, 0.5) is 22.8 Å². The zero-order valence-electron chi connectivity index (χ0n) is 28.4. The van der Waals surface area contributed by atoms with E-state index >= 15 is 0 Å². The van der Waals surface area contributed by atoms with Gasteiger partial charge in [0.1, 0.15) is 23.7 Å². The smallest absolute Gasteiger partial charge is 0.422 e. The summed E-state index contributed by atoms with van der Waals surface area (Å²) in [5.74, 6) is -3.07. The number of sulfonamides is 1. The Morgan fingerprint density at radius 2 is 1.79 bits per heavy atom. The number of alkyl carbamates (subject to hydrolysis) is 1. The van der Waals surface area contributed by atoms with Gasteiger partial charge in [-0.05, 0) is 56.1 Å². The number of halogens is 3. The molecule has 1 aromatic rings. The van der Waals surface area contributed by atoms with Gasteiger partial charge in [0.2, 0.25) is 21.8 Å². The van der Waals surface area contributed by atoms with Crippen molar-refractivity contribution in [3.63, 3.8) is 0 Å². The maximum absolute atomic E-state index is 14.1. The largest absolute Gasteiger partial charge is 0.444 e. The van der Waals surface area contributed by atoms with Gasteiger partial charge < -0.3 is 29.9 Å². The molecule has 3 fully saturated rings. The number of nitrogens with zero attached hydrogens (tertiary/aromatic N) is 2. The summed E-state index contributed by atoms with van der Waals surface area (Å²) in [4.78, 5) is 70.1. The molecule has 5 atom stereocenters. The SMILES string of the molecule is O=C(N[C@H]1CCCCCC=C[C@H]2C[C@@]2(C(=O)NS(=O)(=O)C2CC2)NC(=O)[C@@H]2C[C@@H](OC(=O)N3CCc4ccccc4C3)CN2C1=O)OCC(F)(F)F. The van der Waals surface area contributed by atoms with Gasteiger partial charge in [-0.2, -0.15) is 13.2 Å². The number of rotatable bonds is 6. The van der Waals surface area contributed by atoms with E-state index in [1.54, 1.807) is 6.08 Å². The number of carbonyl (C=O) groups is 5. The van der Waals surface area contributed by atoms with E-state index in [0.29, 0.717) is 51.5 Å². The number of carbonyl (C=O) groups excluding carboxylic acids is 5. The highest BCUT2D eigenvalue weighted by atomic mass is 32.2. The van der Waals surface area contributed by atoms with Crippen molar-refractivity contribution in [2.45, 2.75) is 106 Å². The van der Waals surface area contributed by atoms with Gasteiger partial charge in [0.25, 0.3) is 5.91 Å². The van der Waals surface area contributed by atoms with Crippen LogP contribution in [0, 0.1) is 5.92 Å². The fourth-order valence-corrected chi connectivity index (χ4v) is 8.41. The number of benzene rings is 1. The lowest BCUT2D eigenvalue weighted by molar-refractivity contribution is -0.160. The zero-order valence-corrected chi connectivity index (χ0v) is 29.2. The van der Waals surface area contributed by atoms with E-state index in [2.05, 4.69) is 20.1 Å². The Balaban J connectivity index is 1.24. The lowest BCUT2D eigenvalue weighted by Crippen LogP contribution is -2.58. The number of alkyl halides is 3. The van der Waals surface area contributed by atoms with Crippen molar-refractivity contribution < 1.29 is 55.0 Å². The molecule has 5 aliphatic rings. The highest BCUT2D eigenvalue weighted by Crippen LogP contribution is 2.46. The summed E-state index contributed by atoms with van der Waals surface area (Å²) >= 11 is 0. The van der Waals surface area contributed by atoms with Crippen molar-refractivity contribution in [2.75, 3.05) is 19.7 Å². The van der Waals surface area contributed by atoms with Crippen LogP contribution in [0.3, 0.4) is 0 Å². The van der Waals surface area contributed by atoms with E-state index < -0.39 is 87.6 Å². The van der Waals surface area contributed by atoms with Gasteiger partial charge in [-0.3, -0.25) is 19.1 Å². The second kappa shape index (κ2) is 14.9. The average molecular weight is 754 g/mol. The van der Waals surface area contributed by atoms with Crippen LogP contribution < -0.4 is 15.4 Å². The third-order valence-electron chi connectivity index (χ3n) is 10.2. The molecule has 3 N–H and O–H groups in total. The molecular formula is C34H42F3N5O9S. The van der Waals surface area contributed by atoms with Crippen LogP contribution in [0.1, 0.15) is 68.9 Å². The Bertz CT molecular complexity index is 1720. The molecule has 0 radical (unpaired) electrons. The second-order valence-electron chi connectivity index (χ2n) is 14.1. The van der Waals surface area contributed by atoms with Crippen molar-refractivity contribution in [3.05, 3.63) is 47.5 Å². The van der Waals surface area contributed by atoms with E-state index in [1.165, 1.54) is 4.90 Å². The molecule has 1 saturated heterocycles. The summed E-state index contributed by atoms with van der Waals surface area (Å²) in [6.45, 7) is -1.50. The minimum Gasteiger partial charge on any atom is -0.444 e. The van der Waals surface area contributed by atoms with Crippen molar-refractivity contribution in [1.29, 1.82) is 0 Å².